The van der Waals surface area contributed by atoms with E-state index in [0.717, 1.165) is 44.1 Å². The Balaban J connectivity index is 1.39. The molecular formula is C34H39F3O2. The van der Waals surface area contributed by atoms with Crippen LogP contribution in [0.2, 0.25) is 0 Å². The first-order valence-corrected chi connectivity index (χ1v) is 14.2. The van der Waals surface area contributed by atoms with Crippen LogP contribution >= 0.6 is 0 Å². The van der Waals surface area contributed by atoms with Gasteiger partial charge in [0.25, 0.3) is 0 Å². The van der Waals surface area contributed by atoms with Gasteiger partial charge in [0.1, 0.15) is 5.82 Å². The van der Waals surface area contributed by atoms with Gasteiger partial charge in [0.05, 0.1) is 13.2 Å². The van der Waals surface area contributed by atoms with Gasteiger partial charge in [-0.2, -0.15) is 0 Å². The fourth-order valence-corrected chi connectivity index (χ4v) is 5.05. The zero-order valence-corrected chi connectivity index (χ0v) is 23.0. The van der Waals surface area contributed by atoms with Crippen LogP contribution in [0, 0.1) is 23.4 Å². The van der Waals surface area contributed by atoms with Gasteiger partial charge in [-0.1, -0.05) is 93.3 Å². The Morgan fingerprint density at radius 2 is 1.49 bits per heavy atom. The van der Waals surface area contributed by atoms with Crippen LogP contribution in [0.25, 0.3) is 22.3 Å². The first-order valence-electron chi connectivity index (χ1n) is 14.2. The molecule has 208 valence electrons. The Bertz CT molecular complexity index is 1230. The van der Waals surface area contributed by atoms with Crippen LogP contribution in [-0.4, -0.2) is 13.2 Å². The second-order valence-electron chi connectivity index (χ2n) is 10.4. The fourth-order valence-electron chi connectivity index (χ4n) is 5.05. The van der Waals surface area contributed by atoms with Gasteiger partial charge in [0, 0.05) is 17.0 Å². The van der Waals surface area contributed by atoms with E-state index in [1.807, 2.05) is 19.1 Å². The van der Waals surface area contributed by atoms with E-state index in [9.17, 15) is 8.78 Å². The lowest BCUT2D eigenvalue weighted by molar-refractivity contribution is -0.207. The Hall–Kier alpha value is -2.89. The van der Waals surface area contributed by atoms with Crippen LogP contribution in [0.4, 0.5) is 13.2 Å². The molecule has 1 fully saturated rings. The van der Waals surface area contributed by atoms with E-state index in [-0.39, 0.29) is 5.56 Å². The number of halogens is 3. The monoisotopic (exact) mass is 536 g/mol. The maximum absolute atomic E-state index is 15.0. The number of hydrogen-bond acceptors (Lipinski definition) is 2. The SMILES string of the molecule is CC=CCCC1COC(c2ccc(-c3ccc(-c4ccc(CCCCCCC)c(F)c4F)cc3)cc2F)OC1. The maximum atomic E-state index is 15.0. The molecule has 0 radical (unpaired) electrons. The zero-order valence-electron chi connectivity index (χ0n) is 23.0. The number of ether oxygens (including phenoxy) is 2. The number of allylic oxidation sites excluding steroid dienone is 2. The lowest BCUT2D eigenvalue weighted by atomic mass is 9.97. The van der Waals surface area contributed by atoms with E-state index in [4.69, 9.17) is 9.47 Å². The summed E-state index contributed by atoms with van der Waals surface area (Å²) in [5, 5.41) is 0. The maximum Gasteiger partial charge on any atom is 0.186 e. The number of aryl methyl sites for hydroxylation is 1. The molecule has 0 atom stereocenters. The smallest absolute Gasteiger partial charge is 0.186 e. The number of benzene rings is 3. The topological polar surface area (TPSA) is 18.5 Å². The van der Waals surface area contributed by atoms with Crippen molar-refractivity contribution in [3.63, 3.8) is 0 Å². The van der Waals surface area contributed by atoms with Gasteiger partial charge in [0.15, 0.2) is 17.9 Å². The molecule has 1 aliphatic rings. The molecule has 0 aromatic heterocycles. The molecule has 1 aliphatic heterocycles. The number of hydrogen-bond donors (Lipinski definition) is 0. The quantitative estimate of drug-likeness (QED) is 0.169. The zero-order chi connectivity index (χ0) is 27.6. The van der Waals surface area contributed by atoms with Crippen molar-refractivity contribution in [2.75, 3.05) is 13.2 Å². The van der Waals surface area contributed by atoms with E-state index in [1.165, 1.54) is 12.5 Å². The molecule has 3 aromatic rings. The first kappa shape index (κ1) is 29.1. The summed E-state index contributed by atoms with van der Waals surface area (Å²) in [7, 11) is 0. The van der Waals surface area contributed by atoms with Gasteiger partial charge in [-0.05, 0) is 60.9 Å². The van der Waals surface area contributed by atoms with Crippen LogP contribution in [0.15, 0.2) is 66.7 Å². The summed E-state index contributed by atoms with van der Waals surface area (Å²) in [6.45, 7) is 5.24. The second-order valence-corrected chi connectivity index (χ2v) is 10.4. The highest BCUT2D eigenvalue weighted by atomic mass is 19.2. The molecule has 0 N–H and O–H groups in total. The van der Waals surface area contributed by atoms with E-state index < -0.39 is 23.7 Å². The van der Waals surface area contributed by atoms with Gasteiger partial charge in [-0.25, -0.2) is 13.2 Å². The summed E-state index contributed by atoms with van der Waals surface area (Å²) in [5.41, 5.74) is 3.08. The Labute approximate surface area is 230 Å². The van der Waals surface area contributed by atoms with Gasteiger partial charge < -0.3 is 9.47 Å². The minimum absolute atomic E-state index is 0.228. The average Bonchev–Trinajstić information content (AvgIpc) is 2.96. The Kier molecular flexibility index (Phi) is 10.8. The number of unbranched alkanes of at least 4 members (excludes halogenated alkanes) is 4. The first-order chi connectivity index (χ1) is 19.0. The molecule has 0 aliphatic carbocycles. The molecule has 4 rings (SSSR count). The average molecular weight is 537 g/mol. The van der Waals surface area contributed by atoms with Gasteiger partial charge in [-0.3, -0.25) is 0 Å². The van der Waals surface area contributed by atoms with E-state index in [1.54, 1.807) is 42.5 Å². The predicted molar refractivity (Wildman–Crippen MR) is 152 cm³/mol. The third-order valence-corrected chi connectivity index (χ3v) is 7.44. The van der Waals surface area contributed by atoms with E-state index >= 15 is 4.39 Å². The molecular weight excluding hydrogens is 497 g/mol. The summed E-state index contributed by atoms with van der Waals surface area (Å²) < 4.78 is 56.3. The third kappa shape index (κ3) is 7.61. The van der Waals surface area contributed by atoms with Crippen LogP contribution in [0.5, 0.6) is 0 Å². The highest BCUT2D eigenvalue weighted by Crippen LogP contribution is 2.33. The summed E-state index contributed by atoms with van der Waals surface area (Å²) in [6, 6.07) is 15.4. The Morgan fingerprint density at radius 1 is 0.795 bits per heavy atom. The van der Waals surface area contributed by atoms with Crippen molar-refractivity contribution >= 4 is 0 Å². The van der Waals surface area contributed by atoms with Crippen LogP contribution in [0.1, 0.15) is 76.2 Å². The highest BCUT2D eigenvalue weighted by molar-refractivity contribution is 5.71. The van der Waals surface area contributed by atoms with Crippen molar-refractivity contribution in [1.82, 2.24) is 0 Å². The van der Waals surface area contributed by atoms with Crippen molar-refractivity contribution in [1.29, 1.82) is 0 Å². The summed E-state index contributed by atoms with van der Waals surface area (Å²) in [5.74, 6) is -1.67. The molecule has 0 amide bonds. The van der Waals surface area contributed by atoms with Gasteiger partial charge in [0.2, 0.25) is 0 Å². The van der Waals surface area contributed by atoms with Crippen molar-refractivity contribution in [3.8, 4) is 22.3 Å². The highest BCUT2D eigenvalue weighted by Gasteiger charge is 2.25. The van der Waals surface area contributed by atoms with Gasteiger partial charge in [-0.15, -0.1) is 0 Å². The normalized spacial score (nSPS) is 17.7. The van der Waals surface area contributed by atoms with Crippen molar-refractivity contribution < 1.29 is 22.6 Å². The number of rotatable bonds is 12. The summed E-state index contributed by atoms with van der Waals surface area (Å²) >= 11 is 0. The Morgan fingerprint density at radius 3 is 2.18 bits per heavy atom. The van der Waals surface area contributed by atoms with Crippen LogP contribution in [0.3, 0.4) is 0 Å². The molecule has 39 heavy (non-hydrogen) atoms. The van der Waals surface area contributed by atoms with Crippen molar-refractivity contribution in [2.45, 2.75) is 71.5 Å². The molecule has 1 saturated heterocycles. The molecule has 1 heterocycles. The van der Waals surface area contributed by atoms with Crippen LogP contribution < -0.4 is 0 Å². The molecule has 2 nitrogen and oxygen atoms in total. The molecule has 0 unspecified atom stereocenters. The van der Waals surface area contributed by atoms with Gasteiger partial charge >= 0.3 is 0 Å². The molecule has 0 spiro atoms. The minimum atomic E-state index is -0.819. The van der Waals surface area contributed by atoms with Crippen LogP contribution in [-0.2, 0) is 15.9 Å². The van der Waals surface area contributed by atoms with E-state index in [2.05, 4.69) is 13.0 Å². The second kappa shape index (κ2) is 14.5. The molecule has 5 heteroatoms. The third-order valence-electron chi connectivity index (χ3n) is 7.44. The molecule has 3 aromatic carbocycles. The molecule has 0 saturated carbocycles. The lowest BCUT2D eigenvalue weighted by Crippen LogP contribution is -2.27. The fraction of sp³-hybridized carbons (Fsp3) is 0.412. The van der Waals surface area contributed by atoms with E-state index in [0.29, 0.717) is 47.8 Å². The lowest BCUT2D eigenvalue weighted by Gasteiger charge is -2.29. The minimum Gasteiger partial charge on any atom is -0.348 e. The predicted octanol–water partition coefficient (Wildman–Crippen LogP) is 9.97. The van der Waals surface area contributed by atoms with Crippen molar-refractivity contribution in [2.24, 2.45) is 5.92 Å². The standard InChI is InChI=1S/C34H39F3O2/c1-3-5-7-8-10-12-27-17-19-29(33(37)32(27)36)26-15-13-25(14-16-26)28-18-20-30(31(35)21-28)34-38-22-24(23-39-34)11-9-6-4-2/h4,6,13-21,24,34H,3,5,7-12,22-23H2,1-2H3. The molecule has 0 bridgehead atoms. The summed E-state index contributed by atoms with van der Waals surface area (Å²) in [6.07, 6.45) is 11.3. The summed E-state index contributed by atoms with van der Waals surface area (Å²) in [4.78, 5) is 0. The largest absolute Gasteiger partial charge is 0.348 e. The van der Waals surface area contributed by atoms with Crippen molar-refractivity contribution in [3.05, 3.63) is 95.3 Å².